The molecular weight excluding hydrogens is 288 g/mol. The Hall–Kier alpha value is -1.85. The van der Waals surface area contributed by atoms with Crippen LogP contribution < -0.4 is 5.73 Å². The molecule has 0 aliphatic carbocycles. The third-order valence-corrected chi connectivity index (χ3v) is 3.85. The summed E-state index contributed by atoms with van der Waals surface area (Å²) in [6.07, 6.45) is 1.58. The molecule has 0 bridgehead atoms. The predicted molar refractivity (Wildman–Crippen MR) is 83.9 cm³/mol. The zero-order valence-corrected chi connectivity index (χ0v) is 13.1. The van der Waals surface area contributed by atoms with E-state index in [9.17, 15) is 4.79 Å². The Balaban J connectivity index is 2.35. The second-order valence-corrected chi connectivity index (χ2v) is 5.47. The molecule has 0 aliphatic heterocycles. The van der Waals surface area contributed by atoms with E-state index >= 15 is 0 Å². The molecule has 0 saturated heterocycles. The van der Waals surface area contributed by atoms with Crippen molar-refractivity contribution in [1.82, 2.24) is 14.7 Å². The number of aromatic nitrogens is 2. The van der Waals surface area contributed by atoms with Gasteiger partial charge in [-0.25, -0.2) is 4.68 Å². The number of nitrogens with zero attached hydrogens (tertiary/aromatic N) is 3. The van der Waals surface area contributed by atoms with E-state index in [0.29, 0.717) is 17.1 Å². The molecule has 1 aromatic carbocycles. The fourth-order valence-electron chi connectivity index (χ4n) is 2.04. The lowest BCUT2D eigenvalue weighted by Gasteiger charge is -2.23. The number of carbonyl (C=O) groups is 1. The number of benzene rings is 1. The molecule has 0 radical (unpaired) electrons. The van der Waals surface area contributed by atoms with Crippen molar-refractivity contribution in [2.75, 3.05) is 13.6 Å². The van der Waals surface area contributed by atoms with Crippen molar-refractivity contribution in [2.45, 2.75) is 19.9 Å². The minimum atomic E-state index is -0.0845. The van der Waals surface area contributed by atoms with Crippen LogP contribution in [0.5, 0.6) is 0 Å². The minimum Gasteiger partial charge on any atom is -0.338 e. The summed E-state index contributed by atoms with van der Waals surface area (Å²) >= 11 is 6.00. The van der Waals surface area contributed by atoms with Gasteiger partial charge in [-0.3, -0.25) is 4.79 Å². The molecule has 1 atom stereocenters. The predicted octanol–water partition coefficient (Wildman–Crippen LogP) is 2.25. The first kappa shape index (κ1) is 15.5. The van der Waals surface area contributed by atoms with Gasteiger partial charge in [0.15, 0.2) is 0 Å². The number of nitrogens with two attached hydrogens (primary N) is 1. The average Bonchev–Trinajstić information content (AvgIpc) is 2.86. The highest BCUT2D eigenvalue weighted by Gasteiger charge is 2.21. The Labute approximate surface area is 129 Å². The quantitative estimate of drug-likeness (QED) is 0.942. The van der Waals surface area contributed by atoms with Crippen LogP contribution in [0, 0.1) is 6.92 Å². The van der Waals surface area contributed by atoms with Gasteiger partial charge in [0, 0.05) is 24.7 Å². The van der Waals surface area contributed by atoms with Gasteiger partial charge in [0.2, 0.25) is 0 Å². The van der Waals surface area contributed by atoms with Crippen molar-refractivity contribution >= 4 is 17.5 Å². The van der Waals surface area contributed by atoms with Crippen LogP contribution in [0.4, 0.5) is 0 Å². The lowest BCUT2D eigenvalue weighted by molar-refractivity contribution is 0.0747. The molecule has 1 amide bonds. The van der Waals surface area contributed by atoms with E-state index in [4.69, 9.17) is 17.3 Å². The Morgan fingerprint density at radius 3 is 2.86 bits per heavy atom. The summed E-state index contributed by atoms with van der Waals surface area (Å²) in [4.78, 5) is 14.1. The number of carbonyl (C=O) groups excluding carboxylic acids is 1. The summed E-state index contributed by atoms with van der Waals surface area (Å²) in [6.45, 7) is 4.19. The van der Waals surface area contributed by atoms with Gasteiger partial charge in [-0.15, -0.1) is 0 Å². The summed E-state index contributed by atoms with van der Waals surface area (Å²) in [6, 6.07) is 7.33. The minimum absolute atomic E-state index is 0.0218. The van der Waals surface area contributed by atoms with Gasteiger partial charge in [0.25, 0.3) is 5.91 Å². The van der Waals surface area contributed by atoms with Crippen LogP contribution >= 0.6 is 11.6 Å². The summed E-state index contributed by atoms with van der Waals surface area (Å²) < 4.78 is 1.71. The standard InChI is InChI=1S/C15H19ClN4O/c1-10(8-17)19(3)15(21)14-9-18-20(11(14)2)13-6-4-5-12(16)7-13/h4-7,9-10H,8,17H2,1-3H3. The van der Waals surface area contributed by atoms with Gasteiger partial charge in [-0.1, -0.05) is 17.7 Å². The maximum atomic E-state index is 12.5. The zero-order valence-electron chi connectivity index (χ0n) is 12.4. The molecule has 1 unspecified atom stereocenters. The molecule has 2 N–H and O–H groups in total. The number of halogens is 1. The third kappa shape index (κ3) is 3.09. The van der Waals surface area contributed by atoms with Crippen LogP contribution in [0.25, 0.3) is 5.69 Å². The van der Waals surface area contributed by atoms with Crippen molar-refractivity contribution in [3.8, 4) is 5.69 Å². The van der Waals surface area contributed by atoms with Gasteiger partial charge in [-0.2, -0.15) is 5.10 Å². The van der Waals surface area contributed by atoms with E-state index in [1.54, 1.807) is 28.9 Å². The van der Waals surface area contributed by atoms with E-state index in [0.717, 1.165) is 11.4 Å². The molecule has 112 valence electrons. The van der Waals surface area contributed by atoms with E-state index in [1.807, 2.05) is 32.0 Å². The van der Waals surface area contributed by atoms with Crippen LogP contribution in [0.3, 0.4) is 0 Å². The van der Waals surface area contributed by atoms with Gasteiger partial charge in [0.05, 0.1) is 23.1 Å². The topological polar surface area (TPSA) is 64.2 Å². The van der Waals surface area contributed by atoms with Crippen LogP contribution in [0.1, 0.15) is 23.0 Å². The maximum Gasteiger partial charge on any atom is 0.257 e. The SMILES string of the molecule is Cc1c(C(=O)N(C)C(C)CN)cnn1-c1cccc(Cl)c1. The van der Waals surface area contributed by atoms with Gasteiger partial charge in [-0.05, 0) is 32.0 Å². The Morgan fingerprint density at radius 1 is 1.52 bits per heavy atom. The number of hydrogen-bond acceptors (Lipinski definition) is 3. The van der Waals surface area contributed by atoms with Crippen LogP contribution in [-0.2, 0) is 0 Å². The van der Waals surface area contributed by atoms with Crippen LogP contribution in [0.2, 0.25) is 5.02 Å². The molecule has 0 aliphatic rings. The largest absolute Gasteiger partial charge is 0.338 e. The molecule has 2 rings (SSSR count). The molecule has 0 saturated carbocycles. The Morgan fingerprint density at radius 2 is 2.24 bits per heavy atom. The number of amides is 1. The van der Waals surface area contributed by atoms with E-state index < -0.39 is 0 Å². The Kier molecular flexibility index (Phi) is 4.65. The van der Waals surface area contributed by atoms with E-state index in [-0.39, 0.29) is 11.9 Å². The Bertz CT molecular complexity index is 653. The van der Waals surface area contributed by atoms with Crippen molar-refractivity contribution < 1.29 is 4.79 Å². The fraction of sp³-hybridized carbons (Fsp3) is 0.333. The highest BCUT2D eigenvalue weighted by molar-refractivity contribution is 6.30. The average molecular weight is 307 g/mol. The number of hydrogen-bond donors (Lipinski definition) is 1. The van der Waals surface area contributed by atoms with E-state index in [1.165, 1.54) is 0 Å². The first-order chi connectivity index (χ1) is 9.95. The summed E-state index contributed by atoms with van der Waals surface area (Å²) in [5, 5.41) is 4.92. The monoisotopic (exact) mass is 306 g/mol. The van der Waals surface area contributed by atoms with E-state index in [2.05, 4.69) is 5.10 Å². The fourth-order valence-corrected chi connectivity index (χ4v) is 2.22. The summed E-state index contributed by atoms with van der Waals surface area (Å²) in [5.74, 6) is -0.0845. The number of likely N-dealkylation sites (N-methyl/N-ethyl adjacent to an activating group) is 1. The van der Waals surface area contributed by atoms with Gasteiger partial charge in [0.1, 0.15) is 0 Å². The number of rotatable bonds is 4. The van der Waals surface area contributed by atoms with Crippen molar-refractivity contribution in [2.24, 2.45) is 5.73 Å². The first-order valence-electron chi connectivity index (χ1n) is 6.73. The maximum absolute atomic E-state index is 12.5. The molecule has 5 nitrogen and oxygen atoms in total. The van der Waals surface area contributed by atoms with Crippen LogP contribution in [0.15, 0.2) is 30.5 Å². The lowest BCUT2D eigenvalue weighted by atomic mass is 10.2. The molecular formula is C15H19ClN4O. The second-order valence-electron chi connectivity index (χ2n) is 5.04. The normalized spacial score (nSPS) is 12.2. The zero-order chi connectivity index (χ0) is 15.6. The highest BCUT2D eigenvalue weighted by Crippen LogP contribution is 2.19. The molecule has 1 heterocycles. The summed E-state index contributed by atoms with van der Waals surface area (Å²) in [5.41, 5.74) is 7.78. The molecule has 1 aromatic heterocycles. The summed E-state index contributed by atoms with van der Waals surface area (Å²) in [7, 11) is 1.75. The molecule has 6 heteroatoms. The highest BCUT2D eigenvalue weighted by atomic mass is 35.5. The molecule has 2 aromatic rings. The second kappa shape index (κ2) is 6.28. The van der Waals surface area contributed by atoms with Gasteiger partial charge >= 0.3 is 0 Å². The third-order valence-electron chi connectivity index (χ3n) is 3.62. The van der Waals surface area contributed by atoms with Crippen LogP contribution in [-0.4, -0.2) is 40.2 Å². The smallest absolute Gasteiger partial charge is 0.257 e. The molecule has 0 fully saturated rings. The van der Waals surface area contributed by atoms with Crippen molar-refractivity contribution in [1.29, 1.82) is 0 Å². The van der Waals surface area contributed by atoms with Gasteiger partial charge < -0.3 is 10.6 Å². The molecule has 21 heavy (non-hydrogen) atoms. The molecule has 0 spiro atoms. The first-order valence-corrected chi connectivity index (χ1v) is 7.11. The van der Waals surface area contributed by atoms with Crippen molar-refractivity contribution in [3.05, 3.63) is 46.7 Å². The van der Waals surface area contributed by atoms with Crippen molar-refractivity contribution in [3.63, 3.8) is 0 Å². The lowest BCUT2D eigenvalue weighted by Crippen LogP contribution is -2.39.